The van der Waals surface area contributed by atoms with Crippen molar-refractivity contribution in [1.82, 2.24) is 0 Å². The van der Waals surface area contributed by atoms with Gasteiger partial charge in [-0.2, -0.15) is 0 Å². The van der Waals surface area contributed by atoms with Crippen LogP contribution in [0.4, 0.5) is 0 Å². The maximum Gasteiger partial charge on any atom is 0.472 e. The zero-order valence-electron chi connectivity index (χ0n) is 39.3. The van der Waals surface area contributed by atoms with Crippen LogP contribution in [0.5, 0.6) is 0 Å². The number of rotatable bonds is 40. The van der Waals surface area contributed by atoms with Crippen molar-refractivity contribution >= 4 is 13.8 Å². The maximum absolute atomic E-state index is 12.8. The third kappa shape index (κ3) is 32.2. The molecule has 0 aliphatic heterocycles. The van der Waals surface area contributed by atoms with Crippen molar-refractivity contribution in [2.24, 2.45) is 0 Å². The van der Waals surface area contributed by atoms with Crippen LogP contribution >= 0.6 is 7.82 Å². The first-order chi connectivity index (χ1) is 31.0. The van der Waals surface area contributed by atoms with E-state index in [2.05, 4.69) is 98.9 Å². The minimum Gasteiger partial charge on any atom is -0.457 e. The van der Waals surface area contributed by atoms with Gasteiger partial charge in [0.05, 0.1) is 13.2 Å². The van der Waals surface area contributed by atoms with Gasteiger partial charge in [0.15, 0.2) is 0 Å². The van der Waals surface area contributed by atoms with Crippen LogP contribution in [0.25, 0.3) is 0 Å². The molecule has 6 atom stereocenters. The molecule has 6 unspecified atom stereocenters. The lowest BCUT2D eigenvalue weighted by Crippen LogP contribution is -2.64. The van der Waals surface area contributed by atoms with E-state index in [0.29, 0.717) is 13.0 Å². The number of carbonyl (C=O) groups excluding carboxylic acids is 1. The lowest BCUT2D eigenvalue weighted by Gasteiger charge is -2.41. The van der Waals surface area contributed by atoms with Crippen LogP contribution in [0, 0.1) is 0 Å². The van der Waals surface area contributed by atoms with Crippen LogP contribution in [-0.2, 0) is 27.9 Å². The smallest absolute Gasteiger partial charge is 0.457 e. The molecule has 0 saturated heterocycles. The molecule has 0 aromatic rings. The van der Waals surface area contributed by atoms with Crippen molar-refractivity contribution in [1.29, 1.82) is 0 Å². The summed E-state index contributed by atoms with van der Waals surface area (Å²) in [5.74, 6) is -0.504. The highest BCUT2D eigenvalue weighted by molar-refractivity contribution is 7.47. The summed E-state index contributed by atoms with van der Waals surface area (Å²) in [6, 6.07) is 0. The van der Waals surface area contributed by atoms with Crippen LogP contribution < -0.4 is 0 Å². The lowest BCUT2D eigenvalue weighted by atomic mass is 9.85. The second-order valence-corrected chi connectivity index (χ2v) is 18.0. The molecule has 1 aliphatic rings. The highest BCUT2D eigenvalue weighted by Gasteiger charge is 2.51. The van der Waals surface area contributed by atoms with Crippen molar-refractivity contribution in [2.45, 2.75) is 211 Å². The molecule has 12 nitrogen and oxygen atoms in total. The standard InChI is InChI=1S/C51H87O12P/c1-3-5-7-9-11-13-15-17-19-21-22-23-24-25-26-28-30-32-34-36-38-40-45(52)62-44(43-61-64(58,59)63-51-49(56)47(54)46(53)48(55)50(51)57)42-60-41-39-37-35-33-31-29-27-20-18-16-14-12-10-8-6-4-2/h6,8,12,14-15,17-18,20-22,24-25,29,31,44,46-51,53-57H,3-5,7,9-11,13,16,19,23,26-28,30,32-43H2,1-2H3,(H,58,59)/b8-6-,14-12-,17-15-,20-18-,22-21-,25-24-,31-29-. The molecule has 0 heterocycles. The number of aliphatic hydroxyl groups excluding tert-OH is 5. The zero-order valence-corrected chi connectivity index (χ0v) is 40.2. The maximum atomic E-state index is 12.8. The first-order valence-corrected chi connectivity index (χ1v) is 25.9. The summed E-state index contributed by atoms with van der Waals surface area (Å²) in [6.07, 6.45) is 42.2. The SMILES string of the molecule is CC/C=C\C/C=C\C/C=C\C/C=C\CCCCCOCC(COP(=O)(O)OC1C(O)C(O)C(O)C(O)C1O)OC(=O)CCCCCCCC/C=C\C/C=C\C/C=C\CCCCCCC. The third-order valence-corrected chi connectivity index (χ3v) is 11.7. The van der Waals surface area contributed by atoms with Gasteiger partial charge >= 0.3 is 13.8 Å². The fraction of sp³-hybridized carbons (Fsp3) is 0.706. The number of hydrogen-bond acceptors (Lipinski definition) is 11. The molecule has 0 amide bonds. The van der Waals surface area contributed by atoms with Crippen LogP contribution in [0.3, 0.4) is 0 Å². The van der Waals surface area contributed by atoms with Gasteiger partial charge < -0.3 is 39.9 Å². The van der Waals surface area contributed by atoms with E-state index in [9.17, 15) is 39.8 Å². The number of unbranched alkanes of at least 4 members (excludes halogenated alkanes) is 14. The fourth-order valence-corrected chi connectivity index (χ4v) is 7.85. The first-order valence-electron chi connectivity index (χ1n) is 24.4. The van der Waals surface area contributed by atoms with Gasteiger partial charge in [-0.05, 0) is 89.9 Å². The molecular formula is C51H87O12P. The summed E-state index contributed by atoms with van der Waals surface area (Å²) >= 11 is 0. The summed E-state index contributed by atoms with van der Waals surface area (Å²) in [4.78, 5) is 23.2. The quantitative estimate of drug-likeness (QED) is 0.0148. The molecule has 0 radical (unpaired) electrons. The van der Waals surface area contributed by atoms with Gasteiger partial charge in [0.2, 0.25) is 0 Å². The summed E-state index contributed by atoms with van der Waals surface area (Å²) in [7, 11) is -5.04. The number of hydrogen-bond donors (Lipinski definition) is 6. The number of phosphoric acid groups is 1. The number of ether oxygens (including phenoxy) is 2. The van der Waals surface area contributed by atoms with E-state index >= 15 is 0 Å². The highest BCUT2D eigenvalue weighted by atomic mass is 31.2. The number of phosphoric ester groups is 1. The Morgan fingerprint density at radius 3 is 1.41 bits per heavy atom. The van der Waals surface area contributed by atoms with Crippen molar-refractivity contribution in [3.8, 4) is 0 Å². The number of carbonyl (C=O) groups is 1. The van der Waals surface area contributed by atoms with Crippen LogP contribution in [0.15, 0.2) is 85.1 Å². The normalized spacial score (nSPS) is 22.4. The van der Waals surface area contributed by atoms with E-state index in [-0.39, 0.29) is 13.0 Å². The predicted molar refractivity (Wildman–Crippen MR) is 258 cm³/mol. The summed E-state index contributed by atoms with van der Waals surface area (Å²) in [5.41, 5.74) is 0. The predicted octanol–water partition coefficient (Wildman–Crippen LogP) is 10.5. The van der Waals surface area contributed by atoms with Crippen LogP contribution in [0.2, 0.25) is 0 Å². The number of esters is 1. The minimum atomic E-state index is -5.04. The molecule has 1 rings (SSSR count). The van der Waals surface area contributed by atoms with Crippen molar-refractivity contribution in [2.75, 3.05) is 19.8 Å². The molecule has 1 aliphatic carbocycles. The topological polar surface area (TPSA) is 192 Å². The largest absolute Gasteiger partial charge is 0.472 e. The van der Waals surface area contributed by atoms with Gasteiger partial charge in [-0.1, -0.05) is 157 Å². The fourth-order valence-electron chi connectivity index (χ4n) is 6.88. The molecule has 1 saturated carbocycles. The molecule has 0 aromatic heterocycles. The van der Waals surface area contributed by atoms with Gasteiger partial charge in [-0.25, -0.2) is 4.57 Å². The van der Waals surface area contributed by atoms with E-state index in [1.807, 2.05) is 0 Å². The summed E-state index contributed by atoms with van der Waals surface area (Å²) in [5, 5.41) is 50.2. The Morgan fingerprint density at radius 1 is 0.516 bits per heavy atom. The van der Waals surface area contributed by atoms with Gasteiger partial charge in [0.25, 0.3) is 0 Å². The number of allylic oxidation sites excluding steroid dienone is 14. The third-order valence-electron chi connectivity index (χ3n) is 10.8. The number of aliphatic hydroxyl groups is 5. The Labute approximate surface area is 386 Å². The van der Waals surface area contributed by atoms with Gasteiger partial charge in [0.1, 0.15) is 42.7 Å². The Hall–Kier alpha value is -2.48. The van der Waals surface area contributed by atoms with Gasteiger partial charge in [-0.3, -0.25) is 13.8 Å². The summed E-state index contributed by atoms with van der Waals surface area (Å²) < 4.78 is 34.2. The van der Waals surface area contributed by atoms with Crippen molar-refractivity contribution in [3.63, 3.8) is 0 Å². The van der Waals surface area contributed by atoms with Crippen molar-refractivity contribution < 1.29 is 58.3 Å². The zero-order chi connectivity index (χ0) is 46.9. The lowest BCUT2D eigenvalue weighted by molar-refractivity contribution is -0.220. The monoisotopic (exact) mass is 923 g/mol. The first kappa shape index (κ1) is 59.5. The molecule has 1 fully saturated rings. The van der Waals surface area contributed by atoms with E-state index in [1.165, 1.54) is 38.5 Å². The Bertz CT molecular complexity index is 1380. The average molecular weight is 923 g/mol. The van der Waals surface area contributed by atoms with Gasteiger partial charge in [-0.15, -0.1) is 0 Å². The highest BCUT2D eigenvalue weighted by Crippen LogP contribution is 2.47. The second-order valence-electron chi connectivity index (χ2n) is 16.6. The van der Waals surface area contributed by atoms with E-state index in [0.717, 1.165) is 103 Å². The molecule has 13 heteroatoms. The molecule has 64 heavy (non-hydrogen) atoms. The molecule has 6 N–H and O–H groups in total. The molecule has 368 valence electrons. The second kappa shape index (κ2) is 40.8. The van der Waals surface area contributed by atoms with E-state index < -0.39 is 63.1 Å². The van der Waals surface area contributed by atoms with Gasteiger partial charge in [0, 0.05) is 13.0 Å². The molecule has 0 bridgehead atoms. The van der Waals surface area contributed by atoms with Crippen LogP contribution in [-0.4, -0.2) is 98.9 Å². The van der Waals surface area contributed by atoms with E-state index in [4.69, 9.17) is 18.5 Å². The summed E-state index contributed by atoms with van der Waals surface area (Å²) in [6.45, 7) is 4.04. The molecule has 0 aromatic carbocycles. The Kier molecular flexibility index (Phi) is 37.9. The van der Waals surface area contributed by atoms with Crippen molar-refractivity contribution in [3.05, 3.63) is 85.1 Å². The minimum absolute atomic E-state index is 0.109. The van der Waals surface area contributed by atoms with E-state index in [1.54, 1.807) is 0 Å². The Morgan fingerprint density at radius 2 is 0.922 bits per heavy atom. The Balaban J connectivity index is 2.41. The van der Waals surface area contributed by atoms with Crippen LogP contribution in [0.1, 0.15) is 168 Å². The average Bonchev–Trinajstić information content (AvgIpc) is 3.28. The molecular weight excluding hydrogens is 836 g/mol. The molecule has 0 spiro atoms.